The third kappa shape index (κ3) is 4.47. The molecule has 0 aromatic heterocycles. The highest BCUT2D eigenvalue weighted by Gasteiger charge is 2.18. The van der Waals surface area contributed by atoms with E-state index in [1.165, 1.54) is 12.1 Å². The molecule has 7 heteroatoms. The molecule has 1 N–H and O–H groups in total. The van der Waals surface area contributed by atoms with Crippen molar-refractivity contribution in [1.29, 1.82) is 0 Å². The van der Waals surface area contributed by atoms with Gasteiger partial charge in [0.15, 0.2) is 0 Å². The molecular formula is C12H15BrClNO3S. The first-order chi connectivity index (χ1) is 8.77. The highest BCUT2D eigenvalue weighted by molar-refractivity contribution is 9.10. The van der Waals surface area contributed by atoms with Crippen LogP contribution in [0.2, 0.25) is 0 Å². The van der Waals surface area contributed by atoms with E-state index in [1.54, 1.807) is 6.92 Å². The van der Waals surface area contributed by atoms with Crippen LogP contribution in [-0.2, 0) is 9.05 Å². The number of unbranched alkanes of at least 4 members (excludes halogenated alkanes) is 1. The van der Waals surface area contributed by atoms with Gasteiger partial charge in [-0.05, 0) is 31.0 Å². The Kier molecular flexibility index (Phi) is 5.82. The van der Waals surface area contributed by atoms with E-state index in [1.807, 2.05) is 6.92 Å². The standard InChI is InChI=1S/C12H15BrClNO3S/c1-3-4-5-15-12(16)10-6-9(19(14,17)18)7-11(13)8(10)2/h6-7H,3-5H2,1-2H3,(H,15,16). The maximum atomic E-state index is 12.0. The van der Waals surface area contributed by atoms with E-state index in [4.69, 9.17) is 10.7 Å². The zero-order valence-electron chi connectivity index (χ0n) is 10.7. The Morgan fingerprint density at radius 1 is 1.42 bits per heavy atom. The minimum absolute atomic E-state index is 0.0905. The number of hydrogen-bond acceptors (Lipinski definition) is 3. The van der Waals surface area contributed by atoms with Gasteiger partial charge in [-0.15, -0.1) is 0 Å². The van der Waals surface area contributed by atoms with Gasteiger partial charge in [-0.1, -0.05) is 29.3 Å². The monoisotopic (exact) mass is 367 g/mol. The molecule has 0 unspecified atom stereocenters. The molecule has 0 saturated heterocycles. The summed E-state index contributed by atoms with van der Waals surface area (Å²) in [5, 5.41) is 2.75. The average Bonchev–Trinajstić information content (AvgIpc) is 2.31. The molecule has 1 aromatic rings. The first kappa shape index (κ1) is 16.5. The number of nitrogens with one attached hydrogen (secondary N) is 1. The minimum Gasteiger partial charge on any atom is -0.352 e. The van der Waals surface area contributed by atoms with Gasteiger partial charge in [0, 0.05) is 27.3 Å². The molecule has 0 spiro atoms. The Hall–Kier alpha value is -0.590. The van der Waals surface area contributed by atoms with E-state index in [-0.39, 0.29) is 10.8 Å². The highest BCUT2D eigenvalue weighted by Crippen LogP contribution is 2.26. The largest absolute Gasteiger partial charge is 0.352 e. The maximum absolute atomic E-state index is 12.0. The molecule has 0 aliphatic heterocycles. The summed E-state index contributed by atoms with van der Waals surface area (Å²) in [6.07, 6.45) is 1.85. The van der Waals surface area contributed by atoms with Gasteiger partial charge in [-0.25, -0.2) is 8.42 Å². The molecule has 1 aromatic carbocycles. The molecule has 0 aliphatic carbocycles. The maximum Gasteiger partial charge on any atom is 0.261 e. The van der Waals surface area contributed by atoms with Gasteiger partial charge in [-0.3, -0.25) is 4.79 Å². The zero-order valence-corrected chi connectivity index (χ0v) is 13.8. The van der Waals surface area contributed by atoms with Crippen molar-refractivity contribution in [3.8, 4) is 0 Å². The van der Waals surface area contributed by atoms with Gasteiger partial charge in [0.05, 0.1) is 4.90 Å². The second-order valence-electron chi connectivity index (χ2n) is 4.12. The number of hydrogen-bond donors (Lipinski definition) is 1. The van der Waals surface area contributed by atoms with Crippen LogP contribution in [0.25, 0.3) is 0 Å². The van der Waals surface area contributed by atoms with E-state index in [0.717, 1.165) is 12.8 Å². The van der Waals surface area contributed by atoms with Crippen LogP contribution in [0.5, 0.6) is 0 Å². The molecule has 1 rings (SSSR count). The normalized spacial score (nSPS) is 11.4. The highest BCUT2D eigenvalue weighted by atomic mass is 79.9. The molecule has 0 heterocycles. The lowest BCUT2D eigenvalue weighted by atomic mass is 10.1. The Bertz CT molecular complexity index is 587. The lowest BCUT2D eigenvalue weighted by Gasteiger charge is -2.10. The summed E-state index contributed by atoms with van der Waals surface area (Å²) < 4.78 is 23.2. The van der Waals surface area contributed by atoms with Crippen LogP contribution < -0.4 is 5.32 Å². The van der Waals surface area contributed by atoms with Crippen molar-refractivity contribution in [3.05, 3.63) is 27.7 Å². The third-order valence-corrected chi connectivity index (χ3v) is 4.82. The summed E-state index contributed by atoms with van der Waals surface area (Å²) in [5.74, 6) is -0.297. The van der Waals surface area contributed by atoms with Gasteiger partial charge < -0.3 is 5.32 Å². The minimum atomic E-state index is -3.86. The number of carbonyl (C=O) groups is 1. The summed E-state index contributed by atoms with van der Waals surface area (Å²) in [5.41, 5.74) is 0.989. The number of carbonyl (C=O) groups excluding carboxylic acids is 1. The van der Waals surface area contributed by atoms with Crippen molar-refractivity contribution in [1.82, 2.24) is 5.32 Å². The van der Waals surface area contributed by atoms with Crippen LogP contribution in [0.3, 0.4) is 0 Å². The fraction of sp³-hybridized carbons (Fsp3) is 0.417. The van der Waals surface area contributed by atoms with Crippen LogP contribution >= 0.6 is 26.6 Å². The SMILES string of the molecule is CCCCNC(=O)c1cc(S(=O)(=O)Cl)cc(Br)c1C. The molecule has 1 amide bonds. The summed E-state index contributed by atoms with van der Waals surface area (Å²) >= 11 is 3.24. The number of rotatable bonds is 5. The van der Waals surface area contributed by atoms with Crippen LogP contribution in [0.1, 0.15) is 35.7 Å². The lowest BCUT2D eigenvalue weighted by Crippen LogP contribution is -2.25. The van der Waals surface area contributed by atoms with Crippen molar-refractivity contribution >= 4 is 41.6 Å². The van der Waals surface area contributed by atoms with Crippen molar-refractivity contribution in [2.24, 2.45) is 0 Å². The van der Waals surface area contributed by atoms with E-state index < -0.39 is 9.05 Å². The Morgan fingerprint density at radius 2 is 2.05 bits per heavy atom. The summed E-state index contributed by atoms with van der Waals surface area (Å²) in [4.78, 5) is 11.9. The van der Waals surface area contributed by atoms with Crippen LogP contribution in [0, 0.1) is 6.92 Å². The quantitative estimate of drug-likeness (QED) is 0.641. The van der Waals surface area contributed by atoms with Crippen LogP contribution in [0.15, 0.2) is 21.5 Å². The van der Waals surface area contributed by atoms with Crippen molar-refractivity contribution in [2.45, 2.75) is 31.6 Å². The molecule has 0 aliphatic rings. The Morgan fingerprint density at radius 3 is 2.58 bits per heavy atom. The number of amides is 1. The Balaban J connectivity index is 3.13. The van der Waals surface area contributed by atoms with Gasteiger partial charge in [0.2, 0.25) is 0 Å². The first-order valence-corrected chi connectivity index (χ1v) is 8.90. The molecule has 0 atom stereocenters. The van der Waals surface area contributed by atoms with Gasteiger partial charge in [0.25, 0.3) is 15.0 Å². The molecule has 0 saturated carbocycles. The van der Waals surface area contributed by atoms with Crippen molar-refractivity contribution in [2.75, 3.05) is 6.54 Å². The smallest absolute Gasteiger partial charge is 0.261 e. The molecule has 106 valence electrons. The third-order valence-electron chi connectivity index (χ3n) is 2.66. The van der Waals surface area contributed by atoms with Gasteiger partial charge in [0.1, 0.15) is 0 Å². The van der Waals surface area contributed by atoms with E-state index in [0.29, 0.717) is 22.1 Å². The zero-order chi connectivity index (χ0) is 14.6. The predicted molar refractivity (Wildman–Crippen MR) is 79.2 cm³/mol. The molecular weight excluding hydrogens is 354 g/mol. The first-order valence-electron chi connectivity index (χ1n) is 5.80. The van der Waals surface area contributed by atoms with E-state index in [9.17, 15) is 13.2 Å². The molecule has 19 heavy (non-hydrogen) atoms. The molecule has 0 fully saturated rings. The second-order valence-corrected chi connectivity index (χ2v) is 7.55. The lowest BCUT2D eigenvalue weighted by molar-refractivity contribution is 0.0952. The summed E-state index contributed by atoms with van der Waals surface area (Å²) in [6.45, 7) is 4.32. The van der Waals surface area contributed by atoms with E-state index in [2.05, 4.69) is 21.2 Å². The second kappa shape index (κ2) is 6.72. The molecule has 0 radical (unpaired) electrons. The molecule has 4 nitrogen and oxygen atoms in total. The van der Waals surface area contributed by atoms with Crippen LogP contribution in [-0.4, -0.2) is 20.9 Å². The predicted octanol–water partition coefficient (Wildman–Crippen LogP) is 3.21. The van der Waals surface area contributed by atoms with Crippen LogP contribution in [0.4, 0.5) is 0 Å². The fourth-order valence-electron chi connectivity index (χ4n) is 1.50. The number of benzene rings is 1. The van der Waals surface area contributed by atoms with Gasteiger partial charge in [-0.2, -0.15) is 0 Å². The topological polar surface area (TPSA) is 63.2 Å². The van der Waals surface area contributed by atoms with Crippen molar-refractivity contribution in [3.63, 3.8) is 0 Å². The number of halogens is 2. The fourth-order valence-corrected chi connectivity index (χ4v) is 2.90. The van der Waals surface area contributed by atoms with E-state index >= 15 is 0 Å². The Labute approximate surface area is 126 Å². The summed E-state index contributed by atoms with van der Waals surface area (Å²) in [7, 11) is 1.44. The van der Waals surface area contributed by atoms with Crippen molar-refractivity contribution < 1.29 is 13.2 Å². The average molecular weight is 369 g/mol. The summed E-state index contributed by atoms with van der Waals surface area (Å²) in [6, 6.07) is 2.68. The van der Waals surface area contributed by atoms with Gasteiger partial charge >= 0.3 is 0 Å². The molecule has 0 bridgehead atoms.